The molecule has 3 N–H and O–H groups in total. The summed E-state index contributed by atoms with van der Waals surface area (Å²) in [7, 11) is 3.94. The molecule has 0 unspecified atom stereocenters. The summed E-state index contributed by atoms with van der Waals surface area (Å²) in [6.07, 6.45) is 0. The van der Waals surface area contributed by atoms with Gasteiger partial charge in [-0.25, -0.2) is 0 Å². The molecular weight excluding hydrogens is 324 g/mol. The van der Waals surface area contributed by atoms with Gasteiger partial charge in [-0.05, 0) is 57.0 Å². The van der Waals surface area contributed by atoms with Crippen LogP contribution in [0.25, 0.3) is 0 Å². The van der Waals surface area contributed by atoms with Gasteiger partial charge in [0, 0.05) is 18.1 Å². The van der Waals surface area contributed by atoms with E-state index in [2.05, 4.69) is 16.2 Å². The second-order valence-electron chi connectivity index (χ2n) is 4.93. The Kier molecular flexibility index (Phi) is 7.94. The Morgan fingerprint density at radius 3 is 2.73 bits per heavy atom. The average Bonchev–Trinajstić information content (AvgIpc) is 2.46. The summed E-state index contributed by atoms with van der Waals surface area (Å²) in [5.41, 5.74) is 5.97. The molecular formula is C14H21ClN4O2S. The van der Waals surface area contributed by atoms with Crippen LogP contribution in [0.3, 0.4) is 0 Å². The van der Waals surface area contributed by atoms with Crippen molar-refractivity contribution in [2.45, 2.75) is 6.92 Å². The Morgan fingerprint density at radius 2 is 2.09 bits per heavy atom. The smallest absolute Gasteiger partial charge is 0.276 e. The molecule has 122 valence electrons. The topological polar surface area (TPSA) is 65.6 Å². The van der Waals surface area contributed by atoms with E-state index in [0.29, 0.717) is 22.4 Å². The predicted octanol–water partition coefficient (Wildman–Crippen LogP) is 1.08. The van der Waals surface area contributed by atoms with Gasteiger partial charge in [0.25, 0.3) is 5.91 Å². The first-order chi connectivity index (χ1) is 10.4. The van der Waals surface area contributed by atoms with E-state index in [4.69, 9.17) is 28.6 Å². The summed E-state index contributed by atoms with van der Waals surface area (Å²) < 4.78 is 5.37. The van der Waals surface area contributed by atoms with Gasteiger partial charge in [-0.1, -0.05) is 11.6 Å². The molecule has 22 heavy (non-hydrogen) atoms. The molecule has 6 nitrogen and oxygen atoms in total. The van der Waals surface area contributed by atoms with Crippen LogP contribution in [0.5, 0.6) is 5.75 Å². The molecule has 1 aromatic rings. The molecule has 1 amide bonds. The number of aryl methyl sites for hydroxylation is 1. The molecule has 0 fully saturated rings. The first kappa shape index (κ1) is 18.5. The van der Waals surface area contributed by atoms with E-state index in [9.17, 15) is 4.79 Å². The van der Waals surface area contributed by atoms with Gasteiger partial charge in [-0.2, -0.15) is 0 Å². The zero-order valence-electron chi connectivity index (χ0n) is 12.9. The van der Waals surface area contributed by atoms with Gasteiger partial charge in [0.1, 0.15) is 5.75 Å². The number of rotatable bonds is 6. The number of nitrogens with zero attached hydrogens (tertiary/aromatic N) is 1. The molecule has 0 aliphatic heterocycles. The van der Waals surface area contributed by atoms with Gasteiger partial charge in [0.05, 0.1) is 0 Å². The molecule has 0 atom stereocenters. The number of halogens is 1. The number of hydrogen-bond donors (Lipinski definition) is 3. The van der Waals surface area contributed by atoms with Gasteiger partial charge in [-0.3, -0.25) is 15.6 Å². The number of carbonyl (C=O) groups excluding carboxylic acids is 1. The minimum absolute atomic E-state index is 0.117. The van der Waals surface area contributed by atoms with Gasteiger partial charge in [0.2, 0.25) is 0 Å². The van der Waals surface area contributed by atoms with Gasteiger partial charge in [0.15, 0.2) is 11.7 Å². The van der Waals surface area contributed by atoms with Crippen molar-refractivity contribution in [1.29, 1.82) is 0 Å². The van der Waals surface area contributed by atoms with Crippen molar-refractivity contribution in [2.24, 2.45) is 0 Å². The first-order valence-electron chi connectivity index (χ1n) is 6.75. The molecule has 0 heterocycles. The number of nitrogens with one attached hydrogen (secondary N) is 3. The third-order valence-corrected chi connectivity index (χ3v) is 3.33. The molecule has 0 bridgehead atoms. The Balaban J connectivity index is 2.23. The minimum atomic E-state index is -0.329. The first-order valence-corrected chi connectivity index (χ1v) is 7.53. The fourth-order valence-corrected chi connectivity index (χ4v) is 1.73. The van der Waals surface area contributed by atoms with Crippen LogP contribution in [0.15, 0.2) is 18.2 Å². The molecule has 8 heteroatoms. The van der Waals surface area contributed by atoms with E-state index in [-0.39, 0.29) is 12.5 Å². The highest BCUT2D eigenvalue weighted by Crippen LogP contribution is 2.20. The highest BCUT2D eigenvalue weighted by Gasteiger charge is 2.04. The summed E-state index contributed by atoms with van der Waals surface area (Å²) in [6.45, 7) is 3.28. The highest BCUT2D eigenvalue weighted by molar-refractivity contribution is 7.80. The summed E-state index contributed by atoms with van der Waals surface area (Å²) >= 11 is 10.9. The van der Waals surface area contributed by atoms with E-state index in [1.54, 1.807) is 18.2 Å². The molecule has 0 radical (unpaired) electrons. The number of thiocarbonyl (C=S) groups is 1. The van der Waals surface area contributed by atoms with Crippen molar-refractivity contribution in [3.05, 3.63) is 28.8 Å². The average molecular weight is 345 g/mol. The number of carbonyl (C=O) groups is 1. The number of amides is 1. The number of ether oxygens (including phenoxy) is 1. The van der Waals surface area contributed by atoms with Crippen LogP contribution in [0.2, 0.25) is 5.02 Å². The predicted molar refractivity (Wildman–Crippen MR) is 92.1 cm³/mol. The maximum absolute atomic E-state index is 11.6. The normalized spacial score (nSPS) is 10.2. The number of hydrogen-bond acceptors (Lipinski definition) is 4. The molecule has 0 spiro atoms. The summed E-state index contributed by atoms with van der Waals surface area (Å²) in [4.78, 5) is 13.7. The van der Waals surface area contributed by atoms with Crippen LogP contribution in [0.1, 0.15) is 5.56 Å². The van der Waals surface area contributed by atoms with E-state index in [1.165, 1.54) is 0 Å². The zero-order chi connectivity index (χ0) is 16.5. The van der Waals surface area contributed by atoms with E-state index in [0.717, 1.165) is 12.1 Å². The van der Waals surface area contributed by atoms with E-state index in [1.807, 2.05) is 25.9 Å². The summed E-state index contributed by atoms with van der Waals surface area (Å²) in [5, 5.41) is 3.98. The minimum Gasteiger partial charge on any atom is -0.484 e. The highest BCUT2D eigenvalue weighted by atomic mass is 35.5. The van der Waals surface area contributed by atoms with Crippen molar-refractivity contribution in [2.75, 3.05) is 33.8 Å². The maximum Gasteiger partial charge on any atom is 0.276 e. The number of likely N-dealkylation sites (N-methyl/N-ethyl adjacent to an activating group) is 1. The van der Waals surface area contributed by atoms with Crippen molar-refractivity contribution < 1.29 is 9.53 Å². The Labute approximate surface area is 141 Å². The van der Waals surface area contributed by atoms with Gasteiger partial charge < -0.3 is 15.0 Å². The molecule has 0 aromatic heterocycles. The lowest BCUT2D eigenvalue weighted by Gasteiger charge is -2.14. The van der Waals surface area contributed by atoms with Crippen LogP contribution in [0.4, 0.5) is 0 Å². The van der Waals surface area contributed by atoms with Crippen LogP contribution >= 0.6 is 23.8 Å². The molecule has 0 aliphatic carbocycles. The fraction of sp³-hybridized carbons (Fsp3) is 0.429. The molecule has 0 aliphatic rings. The van der Waals surface area contributed by atoms with E-state index < -0.39 is 0 Å². The lowest BCUT2D eigenvalue weighted by molar-refractivity contribution is -0.123. The van der Waals surface area contributed by atoms with Crippen LogP contribution in [-0.4, -0.2) is 49.7 Å². The number of benzene rings is 1. The quantitative estimate of drug-likeness (QED) is 0.530. The molecule has 1 aromatic carbocycles. The SMILES string of the molecule is Cc1cc(OCC(=O)NNC(=S)NCCN(C)C)ccc1Cl. The third-order valence-electron chi connectivity index (χ3n) is 2.66. The van der Waals surface area contributed by atoms with Crippen LogP contribution < -0.4 is 20.9 Å². The Morgan fingerprint density at radius 1 is 1.36 bits per heavy atom. The van der Waals surface area contributed by atoms with E-state index >= 15 is 0 Å². The fourth-order valence-electron chi connectivity index (χ4n) is 1.46. The summed E-state index contributed by atoms with van der Waals surface area (Å²) in [5.74, 6) is 0.257. The lowest BCUT2D eigenvalue weighted by Crippen LogP contribution is -2.49. The molecule has 1 rings (SSSR count). The standard InChI is InChI=1S/C14H21ClN4O2S/c1-10-8-11(4-5-12(10)15)21-9-13(20)17-18-14(22)16-6-7-19(2)3/h4-5,8H,6-7,9H2,1-3H3,(H,17,20)(H2,16,18,22). The van der Waals surface area contributed by atoms with Crippen molar-refractivity contribution in [3.63, 3.8) is 0 Å². The monoisotopic (exact) mass is 344 g/mol. The Hall–Kier alpha value is -1.57. The third kappa shape index (κ3) is 7.44. The van der Waals surface area contributed by atoms with Gasteiger partial charge in [-0.15, -0.1) is 0 Å². The van der Waals surface area contributed by atoms with Crippen LogP contribution in [0, 0.1) is 6.92 Å². The molecule has 0 saturated heterocycles. The molecule has 0 saturated carbocycles. The van der Waals surface area contributed by atoms with Crippen molar-refractivity contribution in [1.82, 2.24) is 21.1 Å². The maximum atomic E-state index is 11.6. The number of hydrazine groups is 1. The van der Waals surface area contributed by atoms with Gasteiger partial charge >= 0.3 is 0 Å². The lowest BCUT2D eigenvalue weighted by atomic mass is 10.2. The second-order valence-corrected chi connectivity index (χ2v) is 5.75. The Bertz CT molecular complexity index is 526. The van der Waals surface area contributed by atoms with Crippen molar-refractivity contribution >= 4 is 34.8 Å². The zero-order valence-corrected chi connectivity index (χ0v) is 14.5. The largest absolute Gasteiger partial charge is 0.484 e. The summed E-state index contributed by atoms with van der Waals surface area (Å²) in [6, 6.07) is 5.21. The second kappa shape index (κ2) is 9.45. The van der Waals surface area contributed by atoms with Crippen molar-refractivity contribution in [3.8, 4) is 5.75 Å². The van der Waals surface area contributed by atoms with Crippen LogP contribution in [-0.2, 0) is 4.79 Å².